The summed E-state index contributed by atoms with van der Waals surface area (Å²) in [5.74, 6) is -0.292. The molecular formula is C12H9N5O3. The van der Waals surface area contributed by atoms with Crippen LogP contribution < -0.4 is 4.74 Å². The number of nitrogens with zero attached hydrogens (tertiary/aromatic N) is 5. The van der Waals surface area contributed by atoms with Crippen molar-refractivity contribution >= 4 is 11.6 Å². The molecule has 0 aliphatic heterocycles. The Balaban J connectivity index is 2.05. The van der Waals surface area contributed by atoms with E-state index in [2.05, 4.69) is 20.5 Å². The number of rotatable bonds is 3. The number of ether oxygens (including phenoxy) is 1. The van der Waals surface area contributed by atoms with E-state index < -0.39 is 5.97 Å². The summed E-state index contributed by atoms with van der Waals surface area (Å²) in [4.78, 5) is 15.1. The molecule has 3 rings (SSSR count). The zero-order chi connectivity index (χ0) is 14.1. The summed E-state index contributed by atoms with van der Waals surface area (Å²) in [7, 11) is 0. The molecule has 1 N–H and O–H groups in total. The van der Waals surface area contributed by atoms with Gasteiger partial charge in [-0.2, -0.15) is 4.52 Å². The molecule has 0 radical (unpaired) electrons. The lowest BCUT2D eigenvalue weighted by atomic mass is 10.1. The third-order valence-corrected chi connectivity index (χ3v) is 2.81. The summed E-state index contributed by atoms with van der Waals surface area (Å²) in [6, 6.07) is 4.80. The number of carbonyl (C=O) groups is 1. The predicted octanol–water partition coefficient (Wildman–Crippen LogP) is 1.32. The van der Waals surface area contributed by atoms with Gasteiger partial charge in [-0.25, -0.2) is 4.79 Å². The quantitative estimate of drug-likeness (QED) is 0.766. The van der Waals surface area contributed by atoms with Crippen LogP contribution in [-0.2, 0) is 0 Å². The third-order valence-electron chi connectivity index (χ3n) is 2.81. The summed E-state index contributed by atoms with van der Waals surface area (Å²) in [6.07, 6.45) is 2.95. The molecule has 20 heavy (non-hydrogen) atoms. The Morgan fingerprint density at radius 1 is 1.35 bits per heavy atom. The minimum atomic E-state index is -1.01. The monoisotopic (exact) mass is 271 g/mol. The number of tetrazole rings is 1. The molecule has 1 aromatic carbocycles. The first-order valence-corrected chi connectivity index (χ1v) is 5.69. The fourth-order valence-electron chi connectivity index (χ4n) is 1.79. The van der Waals surface area contributed by atoms with Crippen molar-refractivity contribution in [2.75, 3.05) is 0 Å². The van der Waals surface area contributed by atoms with Crippen molar-refractivity contribution in [3.63, 3.8) is 0 Å². The summed E-state index contributed by atoms with van der Waals surface area (Å²) < 4.78 is 7.04. The molecular weight excluding hydrogens is 262 g/mol. The van der Waals surface area contributed by atoms with Gasteiger partial charge < -0.3 is 9.84 Å². The molecule has 0 fully saturated rings. The number of carboxylic acids is 1. The number of hydrogen-bond donors (Lipinski definition) is 1. The van der Waals surface area contributed by atoms with Crippen LogP contribution in [-0.4, -0.2) is 36.1 Å². The Morgan fingerprint density at radius 3 is 3.00 bits per heavy atom. The summed E-state index contributed by atoms with van der Waals surface area (Å²) in [6.45, 7) is 1.67. The van der Waals surface area contributed by atoms with Crippen LogP contribution >= 0.6 is 0 Å². The highest BCUT2D eigenvalue weighted by atomic mass is 16.5. The smallest absolute Gasteiger partial charge is 0.336 e. The van der Waals surface area contributed by atoms with Gasteiger partial charge in [0.05, 0.1) is 18.0 Å². The zero-order valence-corrected chi connectivity index (χ0v) is 10.4. The van der Waals surface area contributed by atoms with Gasteiger partial charge in [0.1, 0.15) is 5.75 Å². The van der Waals surface area contributed by atoms with Gasteiger partial charge in [0.25, 0.3) is 0 Å². The van der Waals surface area contributed by atoms with Gasteiger partial charge in [-0.15, -0.1) is 5.10 Å². The molecule has 0 aliphatic rings. The molecule has 0 aliphatic carbocycles. The molecule has 0 unspecified atom stereocenters. The van der Waals surface area contributed by atoms with Gasteiger partial charge in [0.2, 0.25) is 11.5 Å². The number of carboxylic acid groups (broad SMARTS) is 1. The summed E-state index contributed by atoms with van der Waals surface area (Å²) in [5, 5.41) is 20.1. The molecule has 2 heterocycles. The number of aromatic carboxylic acids is 1. The number of fused-ring (bicyclic) bond motifs is 1. The Kier molecular flexibility index (Phi) is 2.75. The maximum atomic E-state index is 11.1. The molecule has 0 saturated heterocycles. The molecule has 8 heteroatoms. The maximum Gasteiger partial charge on any atom is 0.336 e. The van der Waals surface area contributed by atoms with Crippen molar-refractivity contribution < 1.29 is 14.6 Å². The highest BCUT2D eigenvalue weighted by Gasteiger charge is 2.13. The van der Waals surface area contributed by atoms with Gasteiger partial charge in [-0.05, 0) is 29.5 Å². The first-order chi connectivity index (χ1) is 9.66. The predicted molar refractivity (Wildman–Crippen MR) is 66.8 cm³/mol. The maximum absolute atomic E-state index is 11.1. The molecule has 0 saturated carbocycles. The summed E-state index contributed by atoms with van der Waals surface area (Å²) >= 11 is 0. The van der Waals surface area contributed by atoms with Gasteiger partial charge in [-0.3, -0.25) is 4.98 Å². The van der Waals surface area contributed by atoms with E-state index in [4.69, 9.17) is 9.84 Å². The van der Waals surface area contributed by atoms with Crippen molar-refractivity contribution in [1.82, 2.24) is 25.0 Å². The van der Waals surface area contributed by atoms with Gasteiger partial charge >= 0.3 is 5.97 Å². The van der Waals surface area contributed by atoms with Crippen LogP contribution in [0.2, 0.25) is 0 Å². The van der Waals surface area contributed by atoms with Crippen molar-refractivity contribution in [1.29, 1.82) is 0 Å². The summed E-state index contributed by atoms with van der Waals surface area (Å²) in [5.41, 5.74) is 1.14. The SMILES string of the molecule is Cc1c(Oc2cncc3nnnn23)cccc1C(=O)O. The van der Waals surface area contributed by atoms with E-state index in [1.165, 1.54) is 23.0 Å². The largest absolute Gasteiger partial charge is 0.478 e. The number of hydrogen-bond acceptors (Lipinski definition) is 6. The Labute approximate surface area is 112 Å². The van der Waals surface area contributed by atoms with E-state index in [0.717, 1.165) is 0 Å². The lowest BCUT2D eigenvalue weighted by Gasteiger charge is -2.10. The molecule has 2 aromatic heterocycles. The fourth-order valence-corrected chi connectivity index (χ4v) is 1.79. The normalized spacial score (nSPS) is 10.7. The minimum Gasteiger partial charge on any atom is -0.478 e. The second-order valence-electron chi connectivity index (χ2n) is 4.03. The molecule has 3 aromatic rings. The van der Waals surface area contributed by atoms with E-state index in [9.17, 15) is 4.79 Å². The van der Waals surface area contributed by atoms with Crippen LogP contribution in [0.25, 0.3) is 5.65 Å². The van der Waals surface area contributed by atoms with Gasteiger partial charge in [0, 0.05) is 5.56 Å². The molecule has 0 atom stereocenters. The second-order valence-corrected chi connectivity index (χ2v) is 4.03. The van der Waals surface area contributed by atoms with E-state index in [1.807, 2.05) is 0 Å². The standard InChI is InChI=1S/C12H9N5O3/c1-7-8(12(18)19)3-2-4-9(7)20-11-6-13-5-10-14-15-16-17(10)11/h2-6H,1H3,(H,18,19). The average Bonchev–Trinajstić information content (AvgIpc) is 2.90. The lowest BCUT2D eigenvalue weighted by molar-refractivity contribution is 0.0695. The van der Waals surface area contributed by atoms with E-state index in [-0.39, 0.29) is 5.56 Å². The Bertz CT molecular complexity index is 799. The molecule has 0 amide bonds. The minimum absolute atomic E-state index is 0.180. The number of aromatic nitrogens is 5. The van der Waals surface area contributed by atoms with Crippen molar-refractivity contribution in [2.45, 2.75) is 6.92 Å². The first-order valence-electron chi connectivity index (χ1n) is 5.69. The van der Waals surface area contributed by atoms with Crippen molar-refractivity contribution in [3.05, 3.63) is 41.7 Å². The highest BCUT2D eigenvalue weighted by Crippen LogP contribution is 2.26. The second kappa shape index (κ2) is 4.57. The van der Waals surface area contributed by atoms with Crippen molar-refractivity contribution in [3.8, 4) is 11.6 Å². The number of benzene rings is 1. The van der Waals surface area contributed by atoms with Crippen LogP contribution in [0.3, 0.4) is 0 Å². The topological polar surface area (TPSA) is 103 Å². The fraction of sp³-hybridized carbons (Fsp3) is 0.0833. The van der Waals surface area contributed by atoms with Crippen LogP contribution in [0, 0.1) is 6.92 Å². The van der Waals surface area contributed by atoms with Crippen molar-refractivity contribution in [2.24, 2.45) is 0 Å². The third kappa shape index (κ3) is 1.92. The van der Waals surface area contributed by atoms with Crippen LogP contribution in [0.4, 0.5) is 0 Å². The Hall–Kier alpha value is -3.03. The Morgan fingerprint density at radius 2 is 2.20 bits per heavy atom. The van der Waals surface area contributed by atoms with Gasteiger partial charge in [0.15, 0.2) is 0 Å². The zero-order valence-electron chi connectivity index (χ0n) is 10.4. The van der Waals surface area contributed by atoms with Crippen LogP contribution in [0.15, 0.2) is 30.6 Å². The van der Waals surface area contributed by atoms with E-state index in [0.29, 0.717) is 22.8 Å². The van der Waals surface area contributed by atoms with E-state index in [1.54, 1.807) is 19.1 Å². The highest BCUT2D eigenvalue weighted by molar-refractivity contribution is 5.90. The lowest BCUT2D eigenvalue weighted by Crippen LogP contribution is -2.02. The molecule has 100 valence electrons. The molecule has 8 nitrogen and oxygen atoms in total. The molecule has 0 bridgehead atoms. The van der Waals surface area contributed by atoms with Crippen LogP contribution in [0.1, 0.15) is 15.9 Å². The molecule has 0 spiro atoms. The van der Waals surface area contributed by atoms with E-state index >= 15 is 0 Å². The average molecular weight is 271 g/mol. The van der Waals surface area contributed by atoms with Gasteiger partial charge in [-0.1, -0.05) is 6.07 Å². The van der Waals surface area contributed by atoms with Crippen LogP contribution in [0.5, 0.6) is 11.6 Å². The first kappa shape index (κ1) is 12.0.